The van der Waals surface area contributed by atoms with Crippen molar-refractivity contribution in [2.75, 3.05) is 13.2 Å². The molecule has 1 aliphatic heterocycles. The summed E-state index contributed by atoms with van der Waals surface area (Å²) in [6, 6.07) is 8.80. The van der Waals surface area contributed by atoms with Crippen LogP contribution < -0.4 is 10.6 Å². The number of benzene rings is 1. The molecule has 2 N–H and O–H groups in total. The number of ether oxygens (including phenoxy) is 1. The van der Waals surface area contributed by atoms with E-state index >= 15 is 0 Å². The number of carbonyl (C=O) groups excluding carboxylic acids is 1. The topological polar surface area (TPSA) is 50.4 Å². The van der Waals surface area contributed by atoms with Gasteiger partial charge in [-0.2, -0.15) is 0 Å². The van der Waals surface area contributed by atoms with Crippen LogP contribution >= 0.6 is 0 Å². The van der Waals surface area contributed by atoms with Crippen LogP contribution in [0, 0.1) is 12.8 Å². The third-order valence-electron chi connectivity index (χ3n) is 5.53. The Morgan fingerprint density at radius 2 is 2.04 bits per heavy atom. The summed E-state index contributed by atoms with van der Waals surface area (Å²) in [5, 5.41) is 6.11. The van der Waals surface area contributed by atoms with E-state index in [4.69, 9.17) is 4.74 Å². The molecule has 0 radical (unpaired) electrons. The van der Waals surface area contributed by atoms with Crippen LogP contribution in [0.4, 0.5) is 4.79 Å². The molecule has 23 heavy (non-hydrogen) atoms. The largest absolute Gasteiger partial charge is 0.375 e. The quantitative estimate of drug-likeness (QED) is 0.895. The van der Waals surface area contributed by atoms with Crippen LogP contribution in [0.2, 0.25) is 0 Å². The summed E-state index contributed by atoms with van der Waals surface area (Å²) >= 11 is 0. The van der Waals surface area contributed by atoms with Gasteiger partial charge in [-0.15, -0.1) is 0 Å². The zero-order valence-corrected chi connectivity index (χ0v) is 14.4. The van der Waals surface area contributed by atoms with E-state index in [-0.39, 0.29) is 11.6 Å². The third-order valence-corrected chi connectivity index (χ3v) is 5.53. The predicted molar refractivity (Wildman–Crippen MR) is 91.6 cm³/mol. The number of rotatable bonds is 4. The van der Waals surface area contributed by atoms with Gasteiger partial charge in [-0.05, 0) is 57.1 Å². The highest BCUT2D eigenvalue weighted by molar-refractivity contribution is 5.74. The molecule has 1 aromatic carbocycles. The summed E-state index contributed by atoms with van der Waals surface area (Å²) in [7, 11) is 0. The smallest absolute Gasteiger partial charge is 0.315 e. The molecule has 3 rings (SSSR count). The van der Waals surface area contributed by atoms with Crippen molar-refractivity contribution in [2.24, 2.45) is 5.92 Å². The molecule has 2 fully saturated rings. The lowest BCUT2D eigenvalue weighted by molar-refractivity contribution is 0.0119. The minimum Gasteiger partial charge on any atom is -0.375 e. The molecule has 1 aliphatic carbocycles. The Hall–Kier alpha value is -1.55. The second kappa shape index (κ2) is 6.52. The summed E-state index contributed by atoms with van der Waals surface area (Å²) in [6.07, 6.45) is 3.10. The third kappa shape index (κ3) is 3.69. The second-order valence-electron chi connectivity index (χ2n) is 7.51. The first-order valence-corrected chi connectivity index (χ1v) is 8.69. The van der Waals surface area contributed by atoms with Gasteiger partial charge in [0.1, 0.15) is 0 Å². The number of carbonyl (C=O) groups is 1. The molecule has 4 heteroatoms. The predicted octanol–water partition coefficient (Wildman–Crippen LogP) is 3.36. The molecule has 0 aromatic heterocycles. The monoisotopic (exact) mass is 316 g/mol. The Balaban J connectivity index is 1.40. The Morgan fingerprint density at radius 3 is 2.70 bits per heavy atom. The molecule has 0 spiro atoms. The standard InChI is InChI=1S/C19H28N2O2/c1-13-6-4-5-7-17(13)14-10-16(11-14)21-18(22)20-12-15-8-9-23-19(15,2)3/h4-7,14-16H,8-12H2,1-3H3,(H2,20,21,22). The molecule has 1 saturated carbocycles. The summed E-state index contributed by atoms with van der Waals surface area (Å²) in [5.74, 6) is 0.984. The number of hydrogen-bond acceptors (Lipinski definition) is 2. The van der Waals surface area contributed by atoms with Crippen LogP contribution in [0.3, 0.4) is 0 Å². The molecule has 1 aromatic rings. The molecular formula is C19H28N2O2. The van der Waals surface area contributed by atoms with E-state index in [0.717, 1.165) is 25.9 Å². The van der Waals surface area contributed by atoms with E-state index in [9.17, 15) is 4.79 Å². The van der Waals surface area contributed by atoms with Crippen molar-refractivity contribution in [3.63, 3.8) is 0 Å². The van der Waals surface area contributed by atoms with E-state index < -0.39 is 0 Å². The number of aryl methyl sites for hydroxylation is 1. The van der Waals surface area contributed by atoms with E-state index in [1.807, 2.05) is 0 Å². The SMILES string of the molecule is Cc1ccccc1C1CC(NC(=O)NCC2CCOC2(C)C)C1. The van der Waals surface area contributed by atoms with Crippen molar-refractivity contribution in [2.45, 2.75) is 57.6 Å². The van der Waals surface area contributed by atoms with Crippen LogP contribution in [0.1, 0.15) is 50.2 Å². The van der Waals surface area contributed by atoms with Gasteiger partial charge in [0.05, 0.1) is 5.60 Å². The highest BCUT2D eigenvalue weighted by Gasteiger charge is 2.36. The molecule has 4 nitrogen and oxygen atoms in total. The fourth-order valence-corrected chi connectivity index (χ4v) is 3.76. The second-order valence-corrected chi connectivity index (χ2v) is 7.51. The molecule has 1 atom stereocenters. The average Bonchev–Trinajstić information content (AvgIpc) is 2.80. The first kappa shape index (κ1) is 16.3. The van der Waals surface area contributed by atoms with Crippen LogP contribution in [0.15, 0.2) is 24.3 Å². The molecular weight excluding hydrogens is 288 g/mol. The van der Waals surface area contributed by atoms with Gasteiger partial charge in [0.2, 0.25) is 0 Å². The number of amides is 2. The average molecular weight is 316 g/mol. The minimum absolute atomic E-state index is 0.0408. The van der Waals surface area contributed by atoms with Gasteiger partial charge in [0.25, 0.3) is 0 Å². The molecule has 126 valence electrons. The maximum absolute atomic E-state index is 12.1. The first-order valence-electron chi connectivity index (χ1n) is 8.69. The van der Waals surface area contributed by atoms with Gasteiger partial charge in [-0.1, -0.05) is 24.3 Å². The summed E-state index contributed by atoms with van der Waals surface area (Å²) in [5.41, 5.74) is 2.65. The molecule has 1 heterocycles. The molecule has 2 amide bonds. The summed E-state index contributed by atoms with van der Waals surface area (Å²) in [6.45, 7) is 7.84. The van der Waals surface area contributed by atoms with Crippen molar-refractivity contribution in [1.29, 1.82) is 0 Å². The zero-order valence-electron chi connectivity index (χ0n) is 14.4. The van der Waals surface area contributed by atoms with Gasteiger partial charge in [0.15, 0.2) is 0 Å². The maximum atomic E-state index is 12.1. The van der Waals surface area contributed by atoms with Crippen molar-refractivity contribution in [1.82, 2.24) is 10.6 Å². The van der Waals surface area contributed by atoms with E-state index in [1.54, 1.807) is 0 Å². The Labute approximate surface area is 139 Å². The number of hydrogen-bond donors (Lipinski definition) is 2. The molecule has 0 bridgehead atoms. The lowest BCUT2D eigenvalue weighted by Crippen LogP contribution is -2.49. The van der Waals surface area contributed by atoms with Gasteiger partial charge in [-0.25, -0.2) is 4.79 Å². The molecule has 1 unspecified atom stereocenters. The van der Waals surface area contributed by atoms with E-state index in [1.165, 1.54) is 11.1 Å². The van der Waals surface area contributed by atoms with Crippen LogP contribution in [-0.2, 0) is 4.74 Å². The van der Waals surface area contributed by atoms with Gasteiger partial charge < -0.3 is 15.4 Å². The fraction of sp³-hybridized carbons (Fsp3) is 0.632. The highest BCUT2D eigenvalue weighted by atomic mass is 16.5. The van der Waals surface area contributed by atoms with Crippen molar-refractivity contribution >= 4 is 6.03 Å². The summed E-state index contributed by atoms with van der Waals surface area (Å²) in [4.78, 5) is 12.1. The zero-order chi connectivity index (χ0) is 16.4. The van der Waals surface area contributed by atoms with E-state index in [2.05, 4.69) is 55.7 Å². The fourth-order valence-electron chi connectivity index (χ4n) is 3.76. The Morgan fingerprint density at radius 1 is 1.30 bits per heavy atom. The van der Waals surface area contributed by atoms with Gasteiger partial charge >= 0.3 is 6.03 Å². The number of urea groups is 1. The van der Waals surface area contributed by atoms with Crippen LogP contribution in [-0.4, -0.2) is 30.8 Å². The molecule has 2 aliphatic rings. The lowest BCUT2D eigenvalue weighted by atomic mass is 9.74. The van der Waals surface area contributed by atoms with Gasteiger partial charge in [0, 0.05) is 25.1 Å². The normalized spacial score (nSPS) is 28.9. The van der Waals surface area contributed by atoms with Gasteiger partial charge in [-0.3, -0.25) is 0 Å². The lowest BCUT2D eigenvalue weighted by Gasteiger charge is -2.37. The first-order chi connectivity index (χ1) is 11.0. The van der Waals surface area contributed by atoms with Crippen LogP contribution in [0.5, 0.6) is 0 Å². The van der Waals surface area contributed by atoms with Crippen molar-refractivity contribution < 1.29 is 9.53 Å². The number of nitrogens with one attached hydrogen (secondary N) is 2. The highest BCUT2D eigenvalue weighted by Crippen LogP contribution is 2.38. The van der Waals surface area contributed by atoms with E-state index in [0.29, 0.717) is 24.4 Å². The summed E-state index contributed by atoms with van der Waals surface area (Å²) < 4.78 is 5.70. The van der Waals surface area contributed by atoms with Crippen LogP contribution in [0.25, 0.3) is 0 Å². The minimum atomic E-state index is -0.125. The Kier molecular flexibility index (Phi) is 4.62. The molecule has 1 saturated heterocycles. The Bertz CT molecular complexity index is 564. The van der Waals surface area contributed by atoms with Crippen molar-refractivity contribution in [3.05, 3.63) is 35.4 Å². The maximum Gasteiger partial charge on any atom is 0.315 e. The van der Waals surface area contributed by atoms with Crippen molar-refractivity contribution in [3.8, 4) is 0 Å².